The number of halogens is 1. The molecule has 6 heteroatoms. The zero-order valence-electron chi connectivity index (χ0n) is 14.3. The van der Waals surface area contributed by atoms with Crippen LogP contribution in [-0.2, 0) is 0 Å². The lowest BCUT2D eigenvalue weighted by atomic mass is 9.99. The third-order valence-corrected chi connectivity index (χ3v) is 4.91. The zero-order chi connectivity index (χ0) is 18.4. The molecule has 0 spiro atoms. The Morgan fingerprint density at radius 1 is 1.19 bits per heavy atom. The summed E-state index contributed by atoms with van der Waals surface area (Å²) in [7, 11) is 0. The molecule has 2 heterocycles. The van der Waals surface area contributed by atoms with Gasteiger partial charge in [0.05, 0.1) is 23.6 Å². The highest BCUT2D eigenvalue weighted by atomic mass is 35.5. The Balaban J connectivity index is 1.88. The van der Waals surface area contributed by atoms with Crippen molar-refractivity contribution in [1.82, 2.24) is 5.32 Å². The first-order valence-electron chi connectivity index (χ1n) is 8.30. The van der Waals surface area contributed by atoms with Crippen molar-refractivity contribution in [3.05, 3.63) is 74.1 Å². The van der Waals surface area contributed by atoms with Crippen molar-refractivity contribution < 1.29 is 13.9 Å². The second-order valence-electron chi connectivity index (χ2n) is 6.18. The van der Waals surface area contributed by atoms with Gasteiger partial charge in [-0.1, -0.05) is 23.7 Å². The van der Waals surface area contributed by atoms with Gasteiger partial charge in [-0.2, -0.15) is 0 Å². The van der Waals surface area contributed by atoms with Crippen molar-refractivity contribution in [1.29, 1.82) is 0 Å². The fraction of sp³-hybridized carbons (Fsp3) is 0.200. The van der Waals surface area contributed by atoms with Gasteiger partial charge in [0, 0.05) is 5.02 Å². The Hall–Kier alpha value is -2.79. The second-order valence-corrected chi connectivity index (χ2v) is 6.59. The molecule has 1 aliphatic rings. The van der Waals surface area contributed by atoms with Gasteiger partial charge in [0.1, 0.15) is 11.3 Å². The SMILES string of the molecule is CCOc1ccc(C2NC(=O)c3oc4cc(C)c(Cl)cc4c(=O)c32)cc1. The van der Waals surface area contributed by atoms with Gasteiger partial charge in [0.25, 0.3) is 5.91 Å². The molecule has 1 unspecified atom stereocenters. The largest absolute Gasteiger partial charge is 0.494 e. The van der Waals surface area contributed by atoms with Crippen molar-refractivity contribution >= 4 is 28.5 Å². The van der Waals surface area contributed by atoms with Crippen molar-refractivity contribution in [2.24, 2.45) is 0 Å². The summed E-state index contributed by atoms with van der Waals surface area (Å²) in [5.74, 6) is 0.391. The number of hydrogen-bond donors (Lipinski definition) is 1. The first-order valence-corrected chi connectivity index (χ1v) is 8.68. The standard InChI is InChI=1S/C20H16ClNO4/c1-3-25-12-6-4-11(5-7-12)17-16-18(23)13-9-14(21)10(2)8-15(13)26-19(16)20(24)22-17/h4-9,17H,3H2,1-2H3,(H,22,24). The quantitative estimate of drug-likeness (QED) is 0.758. The molecule has 0 saturated carbocycles. The molecular weight excluding hydrogens is 354 g/mol. The fourth-order valence-electron chi connectivity index (χ4n) is 3.20. The predicted molar refractivity (Wildman–Crippen MR) is 99.2 cm³/mol. The van der Waals surface area contributed by atoms with Crippen LogP contribution < -0.4 is 15.5 Å². The average Bonchev–Trinajstić information content (AvgIpc) is 2.95. The predicted octanol–water partition coefficient (Wildman–Crippen LogP) is 3.99. The topological polar surface area (TPSA) is 68.5 Å². The van der Waals surface area contributed by atoms with Gasteiger partial charge in [-0.05, 0) is 49.2 Å². The number of benzene rings is 2. The van der Waals surface area contributed by atoms with Crippen molar-refractivity contribution in [3.63, 3.8) is 0 Å². The maximum absolute atomic E-state index is 13.0. The number of ether oxygens (including phenoxy) is 1. The summed E-state index contributed by atoms with van der Waals surface area (Å²) in [6.07, 6.45) is 0. The number of hydrogen-bond acceptors (Lipinski definition) is 4. The van der Waals surface area contributed by atoms with Crippen LogP contribution in [0.25, 0.3) is 11.0 Å². The maximum Gasteiger partial charge on any atom is 0.288 e. The third kappa shape index (κ3) is 2.56. The van der Waals surface area contributed by atoms with Crippen molar-refractivity contribution in [3.8, 4) is 5.75 Å². The van der Waals surface area contributed by atoms with Crippen LogP contribution in [0.5, 0.6) is 5.75 Å². The normalized spacial score (nSPS) is 15.8. The van der Waals surface area contributed by atoms with E-state index in [2.05, 4.69) is 5.32 Å². The first kappa shape index (κ1) is 16.7. The highest BCUT2D eigenvalue weighted by Gasteiger charge is 2.36. The number of carbonyl (C=O) groups excluding carboxylic acids is 1. The Kier molecular flexibility index (Phi) is 3.96. The highest BCUT2D eigenvalue weighted by molar-refractivity contribution is 6.32. The van der Waals surface area contributed by atoms with Gasteiger partial charge in [-0.15, -0.1) is 0 Å². The molecule has 3 aromatic rings. The van der Waals surface area contributed by atoms with E-state index in [0.29, 0.717) is 28.2 Å². The van der Waals surface area contributed by atoms with Gasteiger partial charge in [-0.3, -0.25) is 9.59 Å². The molecular formula is C20H16ClNO4. The number of fused-ring (bicyclic) bond motifs is 2. The Labute approximate surface area is 154 Å². The number of amides is 1. The Bertz CT molecular complexity index is 1090. The van der Waals surface area contributed by atoms with Crippen LogP contribution in [0.2, 0.25) is 5.02 Å². The summed E-state index contributed by atoms with van der Waals surface area (Å²) >= 11 is 6.16. The Morgan fingerprint density at radius 2 is 1.92 bits per heavy atom. The van der Waals surface area contributed by atoms with Crippen molar-refractivity contribution in [2.45, 2.75) is 19.9 Å². The summed E-state index contributed by atoms with van der Waals surface area (Å²) in [6.45, 7) is 4.29. The molecule has 1 amide bonds. The molecule has 132 valence electrons. The van der Waals surface area contributed by atoms with Gasteiger partial charge >= 0.3 is 0 Å². The van der Waals surface area contributed by atoms with Gasteiger partial charge < -0.3 is 14.5 Å². The number of carbonyl (C=O) groups is 1. The van der Waals surface area contributed by atoms with E-state index in [1.807, 2.05) is 38.1 Å². The van der Waals surface area contributed by atoms with E-state index in [0.717, 1.165) is 16.9 Å². The molecule has 5 nitrogen and oxygen atoms in total. The zero-order valence-corrected chi connectivity index (χ0v) is 15.0. The van der Waals surface area contributed by atoms with Crippen LogP contribution in [0, 0.1) is 6.92 Å². The van der Waals surface area contributed by atoms with E-state index in [1.54, 1.807) is 12.1 Å². The number of nitrogens with one attached hydrogen (secondary N) is 1. The second kappa shape index (κ2) is 6.18. The van der Waals surface area contributed by atoms with Gasteiger partial charge in [-0.25, -0.2) is 0 Å². The van der Waals surface area contributed by atoms with E-state index < -0.39 is 11.9 Å². The third-order valence-electron chi connectivity index (χ3n) is 4.50. The van der Waals surface area contributed by atoms with Crippen molar-refractivity contribution in [2.75, 3.05) is 6.61 Å². The molecule has 2 aromatic carbocycles. The first-order chi connectivity index (χ1) is 12.5. The van der Waals surface area contributed by atoms with Crippen LogP contribution >= 0.6 is 11.6 Å². The van der Waals surface area contributed by atoms with E-state index >= 15 is 0 Å². The molecule has 4 rings (SSSR count). The summed E-state index contributed by atoms with van der Waals surface area (Å²) in [6, 6.07) is 9.99. The van der Waals surface area contributed by atoms with Gasteiger partial charge in [0.2, 0.25) is 5.76 Å². The number of aryl methyl sites for hydroxylation is 1. The highest BCUT2D eigenvalue weighted by Crippen LogP contribution is 2.32. The molecule has 1 atom stereocenters. The minimum absolute atomic E-state index is 0.0584. The van der Waals surface area contributed by atoms with Gasteiger partial charge in [0.15, 0.2) is 5.43 Å². The van der Waals surface area contributed by atoms with E-state index in [4.69, 9.17) is 20.8 Å². The summed E-state index contributed by atoms with van der Waals surface area (Å²) < 4.78 is 11.2. The van der Waals surface area contributed by atoms with Crippen LogP contribution in [-0.4, -0.2) is 12.5 Å². The molecule has 0 aliphatic carbocycles. The molecule has 26 heavy (non-hydrogen) atoms. The fourth-order valence-corrected chi connectivity index (χ4v) is 3.37. The van der Waals surface area contributed by atoms with E-state index in [1.165, 1.54) is 0 Å². The summed E-state index contributed by atoms with van der Waals surface area (Å²) in [4.78, 5) is 25.4. The molecule has 1 aromatic heterocycles. The average molecular weight is 370 g/mol. The molecule has 1 aliphatic heterocycles. The molecule has 0 bridgehead atoms. The molecule has 0 saturated heterocycles. The van der Waals surface area contributed by atoms with Crippen LogP contribution in [0.1, 0.15) is 40.2 Å². The molecule has 0 fully saturated rings. The minimum atomic E-state index is -0.561. The molecule has 1 N–H and O–H groups in total. The van der Waals surface area contributed by atoms with E-state index in [9.17, 15) is 9.59 Å². The summed E-state index contributed by atoms with van der Waals surface area (Å²) in [5, 5.41) is 3.68. The minimum Gasteiger partial charge on any atom is -0.494 e. The Morgan fingerprint density at radius 3 is 2.62 bits per heavy atom. The van der Waals surface area contributed by atoms with Crippen LogP contribution in [0.4, 0.5) is 0 Å². The lowest BCUT2D eigenvalue weighted by Crippen LogP contribution is -2.21. The number of rotatable bonds is 3. The van der Waals surface area contributed by atoms with Crippen LogP contribution in [0.15, 0.2) is 45.6 Å². The lowest BCUT2D eigenvalue weighted by Gasteiger charge is -2.12. The lowest BCUT2D eigenvalue weighted by molar-refractivity contribution is 0.0938. The van der Waals surface area contributed by atoms with E-state index in [-0.39, 0.29) is 11.2 Å². The monoisotopic (exact) mass is 369 g/mol. The smallest absolute Gasteiger partial charge is 0.288 e. The maximum atomic E-state index is 13.0. The van der Waals surface area contributed by atoms with Crippen LogP contribution in [0.3, 0.4) is 0 Å². The summed E-state index contributed by atoms with van der Waals surface area (Å²) in [5.41, 5.74) is 1.99. The molecule has 0 radical (unpaired) electrons.